The van der Waals surface area contributed by atoms with E-state index >= 15 is 0 Å². The number of fused-ring (bicyclic) bond motifs is 1. The normalized spacial score (nSPS) is 14.4. The number of thiazole rings is 1. The summed E-state index contributed by atoms with van der Waals surface area (Å²) in [7, 11) is -0.682. The number of nitrogens with one attached hydrogen (secondary N) is 1. The predicted octanol–water partition coefficient (Wildman–Crippen LogP) is 3.20. The molecule has 9 heteroatoms. The second-order valence-electron chi connectivity index (χ2n) is 7.60. The van der Waals surface area contributed by atoms with Gasteiger partial charge in [0.1, 0.15) is 0 Å². The van der Waals surface area contributed by atoms with Crippen molar-refractivity contribution in [2.45, 2.75) is 24.4 Å². The molecule has 31 heavy (non-hydrogen) atoms. The van der Waals surface area contributed by atoms with Gasteiger partial charge in [-0.1, -0.05) is 36.4 Å². The third kappa shape index (κ3) is 4.85. The molecule has 1 amide bonds. The quantitative estimate of drug-likeness (QED) is 0.616. The Balaban J connectivity index is 1.45. The monoisotopic (exact) mass is 456 g/mol. The molecule has 7 nitrogen and oxygen atoms in total. The molecule has 1 aromatic heterocycles. The third-order valence-corrected chi connectivity index (χ3v) is 7.96. The summed E-state index contributed by atoms with van der Waals surface area (Å²) < 4.78 is 25.8. The molecule has 2 heterocycles. The summed E-state index contributed by atoms with van der Waals surface area (Å²) in [4.78, 5) is 20.9. The largest absolute Gasteiger partial charge is 0.298 e. The van der Waals surface area contributed by atoms with Gasteiger partial charge in [-0.05, 0) is 23.8 Å². The van der Waals surface area contributed by atoms with E-state index in [0.717, 1.165) is 40.9 Å². The fourth-order valence-corrected chi connectivity index (χ4v) is 5.45. The van der Waals surface area contributed by atoms with Crippen LogP contribution in [0.15, 0.2) is 59.5 Å². The van der Waals surface area contributed by atoms with Crippen molar-refractivity contribution in [2.75, 3.05) is 26.0 Å². The zero-order valence-electron chi connectivity index (χ0n) is 17.4. The highest BCUT2D eigenvalue weighted by Gasteiger charge is 2.23. The lowest BCUT2D eigenvalue weighted by Crippen LogP contribution is -2.29. The summed E-state index contributed by atoms with van der Waals surface area (Å²) in [6.07, 6.45) is 0.838. The summed E-state index contributed by atoms with van der Waals surface area (Å²) >= 11 is 1.48. The smallest absolute Gasteiger partial charge is 0.257 e. The van der Waals surface area contributed by atoms with E-state index < -0.39 is 10.0 Å². The van der Waals surface area contributed by atoms with E-state index in [1.54, 1.807) is 12.1 Å². The second kappa shape index (κ2) is 8.88. The number of amides is 1. The van der Waals surface area contributed by atoms with Crippen molar-refractivity contribution in [3.05, 3.63) is 76.3 Å². The summed E-state index contributed by atoms with van der Waals surface area (Å²) in [6.45, 7) is 2.60. The lowest BCUT2D eigenvalue weighted by atomic mass is 10.1. The number of hydrogen-bond acceptors (Lipinski definition) is 6. The van der Waals surface area contributed by atoms with Gasteiger partial charge in [0.15, 0.2) is 5.13 Å². The zero-order chi connectivity index (χ0) is 22.0. The van der Waals surface area contributed by atoms with Crippen LogP contribution in [0, 0.1) is 0 Å². The highest BCUT2D eigenvalue weighted by atomic mass is 32.2. The molecule has 162 valence electrons. The first-order valence-electron chi connectivity index (χ1n) is 9.92. The van der Waals surface area contributed by atoms with Crippen LogP contribution in [0.1, 0.15) is 26.5 Å². The average molecular weight is 457 g/mol. The lowest BCUT2D eigenvalue weighted by molar-refractivity contribution is 0.102. The molecule has 1 N–H and O–H groups in total. The van der Waals surface area contributed by atoms with Crippen molar-refractivity contribution in [1.82, 2.24) is 14.2 Å². The molecule has 1 aliphatic heterocycles. The molecule has 4 rings (SSSR count). The van der Waals surface area contributed by atoms with Crippen molar-refractivity contribution in [3.8, 4) is 0 Å². The van der Waals surface area contributed by atoms with Gasteiger partial charge < -0.3 is 0 Å². The Labute approximate surface area is 186 Å². The zero-order valence-corrected chi connectivity index (χ0v) is 19.0. The Hall–Kier alpha value is -2.59. The van der Waals surface area contributed by atoms with Gasteiger partial charge in [0.2, 0.25) is 10.0 Å². The minimum absolute atomic E-state index is 0.0835. The number of aromatic nitrogens is 1. The van der Waals surface area contributed by atoms with E-state index in [0.29, 0.717) is 5.13 Å². The SMILES string of the molecule is CN(C)S(=O)(=O)c1cccc(C(=O)Nc2nc3c(s2)CN(Cc2ccccc2)CC3)c1. The summed E-state index contributed by atoms with van der Waals surface area (Å²) in [6, 6.07) is 16.4. The molecule has 0 bridgehead atoms. The Morgan fingerprint density at radius 2 is 1.94 bits per heavy atom. The number of anilines is 1. The Bertz CT molecular complexity index is 1190. The minimum Gasteiger partial charge on any atom is -0.298 e. The van der Waals surface area contributed by atoms with Crippen molar-refractivity contribution in [1.29, 1.82) is 0 Å². The van der Waals surface area contributed by atoms with Crippen LogP contribution in [-0.2, 0) is 29.5 Å². The Morgan fingerprint density at radius 3 is 2.68 bits per heavy atom. The van der Waals surface area contributed by atoms with Crippen LogP contribution in [0.5, 0.6) is 0 Å². The van der Waals surface area contributed by atoms with Crippen molar-refractivity contribution in [3.63, 3.8) is 0 Å². The van der Waals surface area contributed by atoms with Crippen LogP contribution in [0.4, 0.5) is 5.13 Å². The second-order valence-corrected chi connectivity index (χ2v) is 10.8. The van der Waals surface area contributed by atoms with E-state index in [9.17, 15) is 13.2 Å². The number of sulfonamides is 1. The van der Waals surface area contributed by atoms with Crippen LogP contribution in [0.25, 0.3) is 0 Å². The van der Waals surface area contributed by atoms with Crippen LogP contribution >= 0.6 is 11.3 Å². The van der Waals surface area contributed by atoms with E-state index in [2.05, 4.69) is 27.3 Å². The highest BCUT2D eigenvalue weighted by Crippen LogP contribution is 2.29. The van der Waals surface area contributed by atoms with Crippen molar-refractivity contribution < 1.29 is 13.2 Å². The van der Waals surface area contributed by atoms with Gasteiger partial charge in [-0.25, -0.2) is 17.7 Å². The van der Waals surface area contributed by atoms with Crippen molar-refractivity contribution in [2.24, 2.45) is 0 Å². The molecule has 3 aromatic rings. The maximum Gasteiger partial charge on any atom is 0.257 e. The van der Waals surface area contributed by atoms with Crippen LogP contribution < -0.4 is 5.32 Å². The summed E-state index contributed by atoms with van der Waals surface area (Å²) in [5.74, 6) is -0.372. The first kappa shape index (κ1) is 21.6. The average Bonchev–Trinajstić information content (AvgIpc) is 3.16. The first-order valence-corrected chi connectivity index (χ1v) is 12.2. The number of benzene rings is 2. The summed E-state index contributed by atoms with van der Waals surface area (Å²) in [5.41, 5.74) is 2.58. The number of carbonyl (C=O) groups excluding carboxylic acids is 1. The van der Waals surface area contributed by atoms with Crippen molar-refractivity contribution >= 4 is 32.4 Å². The predicted molar refractivity (Wildman–Crippen MR) is 122 cm³/mol. The number of rotatable bonds is 6. The summed E-state index contributed by atoms with van der Waals surface area (Å²) in [5, 5.41) is 3.37. The molecule has 0 unspecified atom stereocenters. The Morgan fingerprint density at radius 1 is 1.16 bits per heavy atom. The van der Waals surface area contributed by atoms with E-state index in [-0.39, 0.29) is 16.4 Å². The molecule has 0 aliphatic carbocycles. The molecule has 0 saturated carbocycles. The van der Waals surface area contributed by atoms with Gasteiger partial charge in [-0.2, -0.15) is 0 Å². The van der Waals surface area contributed by atoms with E-state index in [1.165, 1.54) is 43.1 Å². The first-order chi connectivity index (χ1) is 14.8. The van der Waals surface area contributed by atoms with Crippen LogP contribution in [0.3, 0.4) is 0 Å². The number of hydrogen-bond donors (Lipinski definition) is 1. The standard InChI is InChI=1S/C22H24N4O3S2/c1-25(2)31(28,29)18-10-6-9-17(13-18)21(27)24-22-23-19-11-12-26(15-20(19)30-22)14-16-7-4-3-5-8-16/h3-10,13H,11-12,14-15H2,1-2H3,(H,23,24,27). The molecule has 0 radical (unpaired) electrons. The lowest BCUT2D eigenvalue weighted by Gasteiger charge is -2.25. The molecule has 0 spiro atoms. The van der Waals surface area contributed by atoms with Gasteiger partial charge >= 0.3 is 0 Å². The Kier molecular flexibility index (Phi) is 6.19. The molecule has 1 aliphatic rings. The van der Waals surface area contributed by atoms with E-state index in [1.807, 2.05) is 18.2 Å². The molecule has 0 saturated heterocycles. The van der Waals surface area contributed by atoms with Crippen LogP contribution in [0.2, 0.25) is 0 Å². The number of carbonyl (C=O) groups is 1. The van der Waals surface area contributed by atoms with Gasteiger partial charge in [-0.3, -0.25) is 15.0 Å². The topological polar surface area (TPSA) is 82.6 Å². The number of nitrogens with zero attached hydrogens (tertiary/aromatic N) is 3. The molecular weight excluding hydrogens is 432 g/mol. The fourth-order valence-electron chi connectivity index (χ4n) is 3.46. The third-order valence-electron chi connectivity index (χ3n) is 5.15. The van der Waals surface area contributed by atoms with Gasteiger partial charge in [-0.15, -0.1) is 11.3 Å². The molecule has 0 fully saturated rings. The molecular formula is C22H24N4O3S2. The molecule has 0 atom stereocenters. The minimum atomic E-state index is -3.61. The fraction of sp³-hybridized carbons (Fsp3) is 0.273. The van der Waals surface area contributed by atoms with Gasteiger partial charge in [0, 0.05) is 50.6 Å². The maximum absolute atomic E-state index is 12.7. The molecule has 2 aromatic carbocycles. The highest BCUT2D eigenvalue weighted by molar-refractivity contribution is 7.89. The van der Waals surface area contributed by atoms with Crippen LogP contribution in [-0.4, -0.2) is 49.2 Å². The van der Waals surface area contributed by atoms with E-state index in [4.69, 9.17) is 0 Å². The maximum atomic E-state index is 12.7. The van der Waals surface area contributed by atoms with Gasteiger partial charge in [0.25, 0.3) is 5.91 Å². The van der Waals surface area contributed by atoms with Gasteiger partial charge in [0.05, 0.1) is 10.6 Å².